The summed E-state index contributed by atoms with van der Waals surface area (Å²) >= 11 is 0. The van der Waals surface area contributed by atoms with Gasteiger partial charge in [0, 0.05) is 18.5 Å². The zero-order valence-corrected chi connectivity index (χ0v) is 14.4. The van der Waals surface area contributed by atoms with Gasteiger partial charge < -0.3 is 10.1 Å². The maximum absolute atomic E-state index is 12.8. The van der Waals surface area contributed by atoms with Crippen LogP contribution in [0.1, 0.15) is 25.3 Å². The first-order chi connectivity index (χ1) is 12.6. The Hall–Kier alpha value is -3.22. The van der Waals surface area contributed by atoms with Gasteiger partial charge in [0.15, 0.2) is 0 Å². The highest BCUT2D eigenvalue weighted by Gasteiger charge is 2.06. The fourth-order valence-electron chi connectivity index (χ4n) is 2.07. The molecule has 0 spiro atoms. The second kappa shape index (κ2) is 9.93. The molecule has 7 heteroatoms. The van der Waals surface area contributed by atoms with Crippen LogP contribution in [0.2, 0.25) is 0 Å². The molecule has 6 nitrogen and oxygen atoms in total. The minimum atomic E-state index is -0.382. The van der Waals surface area contributed by atoms with Crippen LogP contribution in [0.5, 0.6) is 5.75 Å². The highest BCUT2D eigenvalue weighted by Crippen LogP contribution is 2.11. The van der Waals surface area contributed by atoms with Crippen LogP contribution in [0.3, 0.4) is 0 Å². The molecule has 0 aromatic heterocycles. The third kappa shape index (κ3) is 6.72. The van der Waals surface area contributed by atoms with Gasteiger partial charge in [-0.1, -0.05) is 12.1 Å². The van der Waals surface area contributed by atoms with E-state index in [0.29, 0.717) is 12.3 Å². The number of anilines is 1. The lowest BCUT2D eigenvalue weighted by atomic mass is 10.2. The van der Waals surface area contributed by atoms with Gasteiger partial charge in [0.05, 0.1) is 12.8 Å². The predicted molar refractivity (Wildman–Crippen MR) is 97.6 cm³/mol. The van der Waals surface area contributed by atoms with Crippen molar-refractivity contribution >= 4 is 23.7 Å². The van der Waals surface area contributed by atoms with Gasteiger partial charge in [-0.15, -0.1) is 0 Å². The van der Waals surface area contributed by atoms with E-state index in [-0.39, 0.29) is 30.5 Å². The normalized spacial score (nSPS) is 10.5. The van der Waals surface area contributed by atoms with Crippen molar-refractivity contribution in [2.75, 3.05) is 11.9 Å². The van der Waals surface area contributed by atoms with Crippen LogP contribution in [-0.2, 0) is 9.59 Å². The van der Waals surface area contributed by atoms with Crippen molar-refractivity contribution in [3.8, 4) is 5.75 Å². The molecule has 0 atom stereocenters. The van der Waals surface area contributed by atoms with Crippen LogP contribution in [0.4, 0.5) is 10.1 Å². The third-order valence-corrected chi connectivity index (χ3v) is 3.28. The topological polar surface area (TPSA) is 79.8 Å². The number of benzene rings is 2. The van der Waals surface area contributed by atoms with Gasteiger partial charge in [-0.05, 0) is 48.9 Å². The van der Waals surface area contributed by atoms with Gasteiger partial charge in [0.2, 0.25) is 11.8 Å². The highest BCUT2D eigenvalue weighted by atomic mass is 19.1. The summed E-state index contributed by atoms with van der Waals surface area (Å²) in [7, 11) is 0. The highest BCUT2D eigenvalue weighted by molar-refractivity contribution is 5.93. The Morgan fingerprint density at radius 1 is 1.12 bits per heavy atom. The van der Waals surface area contributed by atoms with E-state index in [9.17, 15) is 14.0 Å². The van der Waals surface area contributed by atoms with E-state index in [1.807, 2.05) is 25.1 Å². The molecule has 136 valence electrons. The van der Waals surface area contributed by atoms with Crippen molar-refractivity contribution < 1.29 is 18.7 Å². The number of halogens is 1. The van der Waals surface area contributed by atoms with E-state index in [4.69, 9.17) is 4.74 Å². The summed E-state index contributed by atoms with van der Waals surface area (Å²) in [6.45, 7) is 2.46. The molecule has 0 bridgehead atoms. The Kier molecular flexibility index (Phi) is 7.30. The molecule has 0 saturated heterocycles. The van der Waals surface area contributed by atoms with Gasteiger partial charge in [0.1, 0.15) is 11.6 Å². The Bertz CT molecular complexity index is 776. The van der Waals surface area contributed by atoms with Crippen LogP contribution >= 0.6 is 0 Å². The molecule has 0 unspecified atom stereocenters. The minimum Gasteiger partial charge on any atom is -0.494 e. The van der Waals surface area contributed by atoms with E-state index in [1.54, 1.807) is 6.07 Å². The van der Waals surface area contributed by atoms with Crippen LogP contribution < -0.4 is 15.5 Å². The molecule has 0 aliphatic heterocycles. The maximum atomic E-state index is 12.8. The molecule has 2 aromatic rings. The van der Waals surface area contributed by atoms with Crippen molar-refractivity contribution in [2.24, 2.45) is 5.10 Å². The first kappa shape index (κ1) is 19.1. The predicted octanol–water partition coefficient (Wildman–Crippen LogP) is 3.09. The molecule has 0 radical (unpaired) electrons. The first-order valence-electron chi connectivity index (χ1n) is 8.17. The first-order valence-corrected chi connectivity index (χ1v) is 8.17. The second-order valence-electron chi connectivity index (χ2n) is 5.35. The average Bonchev–Trinajstić information content (AvgIpc) is 2.63. The van der Waals surface area contributed by atoms with Crippen molar-refractivity contribution in [1.82, 2.24) is 5.43 Å². The van der Waals surface area contributed by atoms with Crippen LogP contribution in [-0.4, -0.2) is 24.6 Å². The Morgan fingerprint density at radius 2 is 1.85 bits per heavy atom. The number of hydrazone groups is 1. The Balaban J connectivity index is 1.73. The zero-order valence-electron chi connectivity index (χ0n) is 14.4. The summed E-state index contributed by atoms with van der Waals surface area (Å²) in [6.07, 6.45) is 1.49. The summed E-state index contributed by atoms with van der Waals surface area (Å²) in [5.41, 5.74) is 3.63. The number of nitrogens with one attached hydrogen (secondary N) is 2. The molecular weight excluding hydrogens is 337 g/mol. The molecule has 0 saturated carbocycles. The lowest BCUT2D eigenvalue weighted by Gasteiger charge is -2.05. The van der Waals surface area contributed by atoms with Crippen molar-refractivity contribution in [3.63, 3.8) is 0 Å². The quantitative estimate of drug-likeness (QED) is 0.563. The van der Waals surface area contributed by atoms with E-state index < -0.39 is 0 Å². The third-order valence-electron chi connectivity index (χ3n) is 3.28. The Morgan fingerprint density at radius 3 is 2.58 bits per heavy atom. The Labute approximate surface area is 151 Å². The van der Waals surface area contributed by atoms with Crippen molar-refractivity contribution in [1.29, 1.82) is 0 Å². The molecule has 0 aliphatic carbocycles. The fraction of sp³-hybridized carbons (Fsp3) is 0.211. The molecule has 26 heavy (non-hydrogen) atoms. The van der Waals surface area contributed by atoms with Crippen LogP contribution in [0.15, 0.2) is 53.6 Å². The van der Waals surface area contributed by atoms with Gasteiger partial charge in [0.25, 0.3) is 0 Å². The summed E-state index contributed by atoms with van der Waals surface area (Å²) in [5, 5.41) is 6.45. The van der Waals surface area contributed by atoms with Crippen LogP contribution in [0.25, 0.3) is 0 Å². The van der Waals surface area contributed by atoms with E-state index in [1.165, 1.54) is 30.5 Å². The lowest BCUT2D eigenvalue weighted by Crippen LogP contribution is -2.20. The molecule has 0 fully saturated rings. The van der Waals surface area contributed by atoms with Crippen molar-refractivity contribution in [2.45, 2.75) is 19.8 Å². The van der Waals surface area contributed by atoms with Gasteiger partial charge >= 0.3 is 0 Å². The SMILES string of the molecule is CCOc1cccc(C=NNC(=O)CCC(=O)Nc2ccc(F)cc2)c1. The number of carbonyl (C=O) groups is 2. The number of nitrogens with zero attached hydrogens (tertiary/aromatic N) is 1. The molecular formula is C19H20FN3O3. The standard InChI is InChI=1S/C19H20FN3O3/c1-2-26-17-5-3-4-14(12-17)13-21-23-19(25)11-10-18(24)22-16-8-6-15(20)7-9-16/h3-9,12-13H,2,10-11H2,1H3,(H,22,24)(H,23,25). The minimum absolute atomic E-state index is 0.00143. The molecule has 2 rings (SSSR count). The number of ether oxygens (including phenoxy) is 1. The van der Waals surface area contributed by atoms with Crippen LogP contribution in [0, 0.1) is 5.82 Å². The van der Waals surface area contributed by atoms with E-state index in [0.717, 1.165) is 11.3 Å². The summed E-state index contributed by atoms with van der Waals surface area (Å²) < 4.78 is 18.2. The largest absolute Gasteiger partial charge is 0.494 e. The molecule has 0 heterocycles. The smallest absolute Gasteiger partial charge is 0.240 e. The van der Waals surface area contributed by atoms with E-state index in [2.05, 4.69) is 15.8 Å². The molecule has 2 amide bonds. The summed E-state index contributed by atoms with van der Waals surface area (Å²) in [5.74, 6) is -0.371. The zero-order chi connectivity index (χ0) is 18.8. The number of carbonyl (C=O) groups excluding carboxylic acids is 2. The van der Waals surface area contributed by atoms with Crippen molar-refractivity contribution in [3.05, 3.63) is 59.9 Å². The molecule has 2 N–H and O–H groups in total. The molecule has 2 aromatic carbocycles. The average molecular weight is 357 g/mol. The van der Waals surface area contributed by atoms with E-state index >= 15 is 0 Å². The molecule has 0 aliphatic rings. The van der Waals surface area contributed by atoms with Gasteiger partial charge in [-0.3, -0.25) is 9.59 Å². The summed E-state index contributed by atoms with van der Waals surface area (Å²) in [6, 6.07) is 12.7. The number of hydrogen-bond donors (Lipinski definition) is 2. The number of hydrogen-bond acceptors (Lipinski definition) is 4. The van der Waals surface area contributed by atoms with Gasteiger partial charge in [-0.25, -0.2) is 9.82 Å². The van der Waals surface area contributed by atoms with Gasteiger partial charge in [-0.2, -0.15) is 5.10 Å². The monoisotopic (exact) mass is 357 g/mol. The second-order valence-corrected chi connectivity index (χ2v) is 5.35. The number of amides is 2. The summed E-state index contributed by atoms with van der Waals surface area (Å²) in [4.78, 5) is 23.5. The lowest BCUT2D eigenvalue weighted by molar-refractivity contribution is -0.124. The number of rotatable bonds is 8. The maximum Gasteiger partial charge on any atom is 0.240 e. The fourth-order valence-corrected chi connectivity index (χ4v) is 2.07.